The maximum Gasteiger partial charge on any atom is 0.259 e. The van der Waals surface area contributed by atoms with Crippen molar-refractivity contribution in [3.63, 3.8) is 0 Å². The Bertz CT molecular complexity index is 1100. The molecule has 28 heavy (non-hydrogen) atoms. The monoisotopic (exact) mass is 371 g/mol. The average Bonchev–Trinajstić information content (AvgIpc) is 2.98. The molecule has 1 heterocycles. The van der Waals surface area contributed by atoms with E-state index in [1.54, 1.807) is 24.3 Å². The minimum atomic E-state index is -0.806. The van der Waals surface area contributed by atoms with Gasteiger partial charge >= 0.3 is 0 Å². The molecule has 0 spiro atoms. The summed E-state index contributed by atoms with van der Waals surface area (Å²) in [4.78, 5) is 28.2. The van der Waals surface area contributed by atoms with Crippen LogP contribution in [0.3, 0.4) is 0 Å². The van der Waals surface area contributed by atoms with Crippen molar-refractivity contribution in [2.45, 2.75) is 26.8 Å². The number of carbonyl (C=O) groups is 2. The lowest BCUT2D eigenvalue weighted by Crippen LogP contribution is -2.32. The lowest BCUT2D eigenvalue weighted by Gasteiger charge is -2.25. The highest BCUT2D eigenvalue weighted by atomic mass is 16.3. The van der Waals surface area contributed by atoms with Crippen LogP contribution in [0.1, 0.15) is 49.0 Å². The number of ketones is 1. The van der Waals surface area contributed by atoms with Gasteiger partial charge in [-0.05, 0) is 67.8 Å². The lowest BCUT2D eigenvalue weighted by atomic mass is 9.94. The Morgan fingerprint density at radius 3 is 2.29 bits per heavy atom. The highest BCUT2D eigenvalue weighted by Crippen LogP contribution is 2.40. The van der Waals surface area contributed by atoms with Gasteiger partial charge < -0.3 is 5.11 Å². The Labute approximate surface area is 164 Å². The van der Waals surface area contributed by atoms with Crippen molar-refractivity contribution in [3.05, 3.63) is 94.0 Å². The van der Waals surface area contributed by atoms with Crippen molar-refractivity contribution < 1.29 is 14.7 Å². The summed E-state index contributed by atoms with van der Waals surface area (Å²) < 4.78 is 0. The summed E-state index contributed by atoms with van der Waals surface area (Å²) in [6.07, 6.45) is 0. The summed E-state index contributed by atoms with van der Waals surface area (Å²) in [7, 11) is 0. The molecule has 1 amide bonds. The molecular formula is C24H21NO3. The van der Waals surface area contributed by atoms with Crippen LogP contribution in [0.2, 0.25) is 0 Å². The van der Waals surface area contributed by atoms with Gasteiger partial charge in [0, 0.05) is 11.3 Å². The molecule has 0 aromatic heterocycles. The van der Waals surface area contributed by atoms with E-state index < -0.39 is 6.04 Å². The van der Waals surface area contributed by atoms with E-state index in [1.165, 1.54) is 4.90 Å². The zero-order valence-electron chi connectivity index (χ0n) is 16.1. The summed E-state index contributed by atoms with van der Waals surface area (Å²) in [6, 6.07) is 17.2. The second kappa shape index (κ2) is 6.64. The molecule has 3 aromatic rings. The van der Waals surface area contributed by atoms with Crippen molar-refractivity contribution in [3.8, 4) is 5.75 Å². The molecule has 1 atom stereocenters. The molecule has 4 rings (SSSR count). The third-order valence-corrected chi connectivity index (χ3v) is 5.40. The van der Waals surface area contributed by atoms with Crippen molar-refractivity contribution >= 4 is 17.4 Å². The van der Waals surface area contributed by atoms with E-state index in [4.69, 9.17) is 0 Å². The first-order chi connectivity index (χ1) is 13.4. The van der Waals surface area contributed by atoms with E-state index in [1.807, 2.05) is 57.2 Å². The molecule has 0 saturated heterocycles. The number of hydrogen-bond donors (Lipinski definition) is 1. The summed E-state index contributed by atoms with van der Waals surface area (Å²) >= 11 is 0. The summed E-state index contributed by atoms with van der Waals surface area (Å²) in [6.45, 7) is 5.76. The van der Waals surface area contributed by atoms with Crippen LogP contribution in [0.15, 0.2) is 60.7 Å². The van der Waals surface area contributed by atoms with Crippen LogP contribution in [-0.2, 0) is 0 Å². The Morgan fingerprint density at radius 2 is 1.57 bits per heavy atom. The number of benzene rings is 3. The summed E-state index contributed by atoms with van der Waals surface area (Å²) in [5, 5.41) is 10.4. The van der Waals surface area contributed by atoms with E-state index in [0.717, 1.165) is 16.7 Å². The fourth-order valence-electron chi connectivity index (χ4n) is 3.69. The van der Waals surface area contributed by atoms with Crippen LogP contribution in [0.25, 0.3) is 0 Å². The van der Waals surface area contributed by atoms with Crippen molar-refractivity contribution in [2.24, 2.45) is 0 Å². The topological polar surface area (TPSA) is 57.6 Å². The van der Waals surface area contributed by atoms with Gasteiger partial charge in [-0.1, -0.05) is 35.9 Å². The largest absolute Gasteiger partial charge is 0.507 e. The number of Topliss-reactive ketones (excluding diaryl/α,β-unsaturated/α-hetero) is 1. The van der Waals surface area contributed by atoms with Gasteiger partial charge in [0.05, 0.1) is 5.56 Å². The van der Waals surface area contributed by atoms with Crippen molar-refractivity contribution in [2.75, 3.05) is 4.90 Å². The van der Waals surface area contributed by atoms with Crippen LogP contribution in [0.4, 0.5) is 5.69 Å². The molecule has 0 aliphatic carbocycles. The first kappa shape index (κ1) is 18.0. The third kappa shape index (κ3) is 2.78. The number of rotatable bonds is 3. The summed E-state index contributed by atoms with van der Waals surface area (Å²) in [5.74, 6) is -0.561. The van der Waals surface area contributed by atoms with E-state index in [0.29, 0.717) is 16.8 Å². The van der Waals surface area contributed by atoms with Gasteiger partial charge in [-0.15, -0.1) is 0 Å². The Hall–Kier alpha value is -3.40. The zero-order chi connectivity index (χ0) is 20.0. The number of carbonyl (C=O) groups excluding carboxylic acids is 2. The smallest absolute Gasteiger partial charge is 0.259 e. The molecular weight excluding hydrogens is 350 g/mol. The van der Waals surface area contributed by atoms with Gasteiger partial charge in [0.25, 0.3) is 5.91 Å². The second-order valence-corrected chi connectivity index (χ2v) is 7.32. The van der Waals surface area contributed by atoms with Crippen LogP contribution in [0, 0.1) is 20.8 Å². The van der Waals surface area contributed by atoms with Crippen LogP contribution < -0.4 is 4.90 Å². The average molecular weight is 371 g/mol. The Balaban J connectivity index is 1.88. The maximum absolute atomic E-state index is 13.5. The normalized spacial score (nSPS) is 15.6. The van der Waals surface area contributed by atoms with Crippen molar-refractivity contribution in [1.82, 2.24) is 0 Å². The van der Waals surface area contributed by atoms with Crippen molar-refractivity contribution in [1.29, 1.82) is 0 Å². The van der Waals surface area contributed by atoms with Crippen LogP contribution in [0.5, 0.6) is 5.75 Å². The Kier molecular flexibility index (Phi) is 4.27. The lowest BCUT2D eigenvalue weighted by molar-refractivity contribution is 0.0914. The van der Waals surface area contributed by atoms with Gasteiger partial charge in [0.2, 0.25) is 0 Å². The number of phenols is 1. The van der Waals surface area contributed by atoms with E-state index in [2.05, 4.69) is 0 Å². The molecule has 0 bridgehead atoms. The molecule has 0 fully saturated rings. The molecule has 4 heteroatoms. The van der Waals surface area contributed by atoms with E-state index >= 15 is 0 Å². The quantitative estimate of drug-likeness (QED) is 0.666. The zero-order valence-corrected chi connectivity index (χ0v) is 16.1. The fraction of sp³-hybridized carbons (Fsp3) is 0.167. The molecule has 140 valence electrons. The number of aromatic hydroxyl groups is 1. The number of aryl methyl sites for hydroxylation is 3. The molecule has 0 unspecified atom stereocenters. The predicted molar refractivity (Wildman–Crippen MR) is 109 cm³/mol. The number of fused-ring (bicyclic) bond motifs is 1. The van der Waals surface area contributed by atoms with Gasteiger partial charge in [0.1, 0.15) is 11.8 Å². The maximum atomic E-state index is 13.5. The predicted octanol–water partition coefficient (Wildman–Crippen LogP) is 4.90. The molecule has 1 aliphatic heterocycles. The van der Waals surface area contributed by atoms with Gasteiger partial charge in [-0.2, -0.15) is 0 Å². The number of hydrogen-bond acceptors (Lipinski definition) is 3. The third-order valence-electron chi connectivity index (χ3n) is 5.40. The highest BCUT2D eigenvalue weighted by molar-refractivity contribution is 6.19. The number of nitrogens with zero attached hydrogens (tertiary/aromatic N) is 1. The molecule has 1 aliphatic rings. The molecule has 4 nitrogen and oxygen atoms in total. The molecule has 0 saturated carbocycles. The fourth-order valence-corrected chi connectivity index (χ4v) is 3.69. The minimum Gasteiger partial charge on any atom is -0.507 e. The standard InChI is InChI=1S/C24H21NO3/c1-14-8-10-17(11-9-14)25-22(18-6-4-5-7-19(18)24(25)28)23(27)20-12-15(2)16(3)13-21(20)26/h4-13,22,26H,1-3H3/t22-/m0/s1. The van der Waals surface area contributed by atoms with Crippen LogP contribution in [-0.4, -0.2) is 16.8 Å². The Morgan fingerprint density at radius 1 is 0.929 bits per heavy atom. The highest BCUT2D eigenvalue weighted by Gasteiger charge is 2.42. The second-order valence-electron chi connectivity index (χ2n) is 7.32. The minimum absolute atomic E-state index is 0.0613. The number of anilines is 1. The van der Waals surface area contributed by atoms with Crippen LogP contribution >= 0.6 is 0 Å². The molecule has 3 aromatic carbocycles. The van der Waals surface area contributed by atoms with E-state index in [9.17, 15) is 14.7 Å². The first-order valence-electron chi connectivity index (χ1n) is 9.22. The molecule has 0 radical (unpaired) electrons. The number of amides is 1. The summed E-state index contributed by atoms with van der Waals surface area (Å²) in [5.41, 5.74) is 4.97. The first-order valence-corrected chi connectivity index (χ1v) is 9.22. The SMILES string of the molecule is Cc1ccc(N2C(=O)c3ccccc3[C@H]2C(=O)c2cc(C)c(C)cc2O)cc1. The molecule has 1 N–H and O–H groups in total. The van der Waals surface area contributed by atoms with Gasteiger partial charge in [0.15, 0.2) is 5.78 Å². The van der Waals surface area contributed by atoms with E-state index in [-0.39, 0.29) is 23.0 Å². The number of phenolic OH excluding ortho intramolecular Hbond substituents is 1. The van der Waals surface area contributed by atoms with Gasteiger partial charge in [-0.25, -0.2) is 0 Å². The van der Waals surface area contributed by atoms with Gasteiger partial charge in [-0.3, -0.25) is 14.5 Å².